The van der Waals surface area contributed by atoms with Gasteiger partial charge in [0.25, 0.3) is 0 Å². The number of likely N-dealkylation sites (N-methyl/N-ethyl adjacent to an activating group) is 1. The van der Waals surface area contributed by atoms with E-state index in [1.165, 1.54) is 0 Å². The summed E-state index contributed by atoms with van der Waals surface area (Å²) in [6.45, 7) is 3.49. The Morgan fingerprint density at radius 2 is 2.05 bits per heavy atom. The summed E-state index contributed by atoms with van der Waals surface area (Å²) in [5.41, 5.74) is 7.80. The van der Waals surface area contributed by atoms with Gasteiger partial charge in [-0.25, -0.2) is 0 Å². The average molecular weight is 263 g/mol. The van der Waals surface area contributed by atoms with Crippen LogP contribution in [0.25, 0.3) is 0 Å². The van der Waals surface area contributed by atoms with E-state index >= 15 is 0 Å². The third-order valence-electron chi connectivity index (χ3n) is 3.36. The van der Waals surface area contributed by atoms with Crippen LogP contribution in [-0.4, -0.2) is 50.7 Å². The molecule has 5 heteroatoms. The lowest BCUT2D eigenvalue weighted by Gasteiger charge is -2.29. The third-order valence-corrected chi connectivity index (χ3v) is 3.36. The number of ether oxygens (including phenoxy) is 1. The molecule has 0 radical (unpaired) electrons. The summed E-state index contributed by atoms with van der Waals surface area (Å²) in [4.78, 5) is 16.0. The minimum Gasteiger partial charge on any atom is -0.378 e. The van der Waals surface area contributed by atoms with Crippen LogP contribution in [0.2, 0.25) is 0 Å². The summed E-state index contributed by atoms with van der Waals surface area (Å²) in [6.07, 6.45) is 0. The van der Waals surface area contributed by atoms with Gasteiger partial charge in [-0.15, -0.1) is 0 Å². The van der Waals surface area contributed by atoms with Crippen molar-refractivity contribution in [3.8, 4) is 0 Å². The number of carbonyl (C=O) groups is 1. The zero-order chi connectivity index (χ0) is 13.7. The number of para-hydroxylation sites is 1. The predicted molar refractivity (Wildman–Crippen MR) is 75.0 cm³/mol. The number of carbonyl (C=O) groups excluding carboxylic acids is 1. The van der Waals surface area contributed by atoms with Gasteiger partial charge in [0, 0.05) is 32.4 Å². The normalized spacial score (nSPS) is 15.4. The van der Waals surface area contributed by atoms with Gasteiger partial charge in [0.1, 0.15) is 0 Å². The molecule has 1 aromatic carbocycles. The number of rotatable bonds is 4. The molecule has 1 amide bonds. The van der Waals surface area contributed by atoms with E-state index in [1.54, 1.807) is 0 Å². The van der Waals surface area contributed by atoms with Gasteiger partial charge < -0.3 is 20.3 Å². The summed E-state index contributed by atoms with van der Waals surface area (Å²) in [5.74, 6) is 0.137. The number of morpholine rings is 1. The van der Waals surface area contributed by atoms with Crippen molar-refractivity contribution in [3.63, 3.8) is 0 Å². The largest absolute Gasteiger partial charge is 0.378 e. The van der Waals surface area contributed by atoms with Crippen molar-refractivity contribution in [2.75, 3.05) is 44.8 Å². The van der Waals surface area contributed by atoms with Crippen molar-refractivity contribution in [3.05, 3.63) is 29.8 Å². The molecule has 104 valence electrons. The lowest BCUT2D eigenvalue weighted by Crippen LogP contribution is -2.45. The highest BCUT2D eigenvalue weighted by Gasteiger charge is 2.18. The molecule has 0 unspecified atom stereocenters. The van der Waals surface area contributed by atoms with E-state index in [0.29, 0.717) is 39.4 Å². The minimum atomic E-state index is 0.137. The summed E-state index contributed by atoms with van der Waals surface area (Å²) in [7, 11) is 1.92. The second kappa shape index (κ2) is 6.54. The number of nitrogens with zero attached hydrogens (tertiary/aromatic N) is 2. The van der Waals surface area contributed by atoms with Crippen LogP contribution in [0.3, 0.4) is 0 Å². The number of hydrogen-bond acceptors (Lipinski definition) is 4. The molecule has 1 fully saturated rings. The highest BCUT2D eigenvalue weighted by molar-refractivity contribution is 5.81. The van der Waals surface area contributed by atoms with Crippen LogP contribution in [-0.2, 0) is 16.1 Å². The quantitative estimate of drug-likeness (QED) is 0.856. The molecule has 5 nitrogen and oxygen atoms in total. The molecule has 0 aliphatic carbocycles. The third kappa shape index (κ3) is 3.45. The predicted octanol–water partition coefficient (Wildman–Crippen LogP) is 0.440. The maximum absolute atomic E-state index is 12.2. The molecule has 19 heavy (non-hydrogen) atoms. The molecular weight excluding hydrogens is 242 g/mol. The summed E-state index contributed by atoms with van der Waals surface area (Å²) in [6, 6.07) is 7.91. The highest BCUT2D eigenvalue weighted by atomic mass is 16.5. The molecule has 0 bridgehead atoms. The van der Waals surface area contributed by atoms with Crippen LogP contribution in [0.15, 0.2) is 24.3 Å². The summed E-state index contributed by atoms with van der Waals surface area (Å²) >= 11 is 0. The van der Waals surface area contributed by atoms with Crippen molar-refractivity contribution in [2.45, 2.75) is 6.54 Å². The second-order valence-electron chi connectivity index (χ2n) is 4.68. The second-order valence-corrected chi connectivity index (χ2v) is 4.68. The molecule has 1 saturated heterocycles. The molecule has 0 aromatic heterocycles. The van der Waals surface area contributed by atoms with Crippen molar-refractivity contribution in [2.24, 2.45) is 5.73 Å². The molecule has 1 aliphatic heterocycles. The Hall–Kier alpha value is -1.59. The number of nitrogens with two attached hydrogens (primary N) is 1. The molecule has 0 saturated carbocycles. The Labute approximate surface area is 113 Å². The van der Waals surface area contributed by atoms with Gasteiger partial charge in [-0.1, -0.05) is 18.2 Å². The monoisotopic (exact) mass is 263 g/mol. The maximum Gasteiger partial charge on any atom is 0.242 e. The van der Waals surface area contributed by atoms with Gasteiger partial charge in [-0.2, -0.15) is 0 Å². The highest BCUT2D eigenvalue weighted by Crippen LogP contribution is 2.18. The summed E-state index contributed by atoms with van der Waals surface area (Å²) in [5, 5.41) is 0. The minimum absolute atomic E-state index is 0.137. The van der Waals surface area contributed by atoms with Crippen LogP contribution in [0.1, 0.15) is 5.56 Å². The van der Waals surface area contributed by atoms with Crippen LogP contribution >= 0.6 is 0 Å². The Morgan fingerprint density at radius 1 is 1.37 bits per heavy atom. The SMILES string of the molecule is CN(CC(=O)N1CCOCC1)c1ccccc1CN. The fraction of sp³-hybridized carbons (Fsp3) is 0.500. The Morgan fingerprint density at radius 3 is 2.74 bits per heavy atom. The van der Waals surface area contributed by atoms with Crippen LogP contribution in [0.5, 0.6) is 0 Å². The molecule has 1 aromatic rings. The topological polar surface area (TPSA) is 58.8 Å². The van der Waals surface area contributed by atoms with Crippen molar-refractivity contribution < 1.29 is 9.53 Å². The first-order valence-electron chi connectivity index (χ1n) is 6.57. The summed E-state index contributed by atoms with van der Waals surface area (Å²) < 4.78 is 5.25. The maximum atomic E-state index is 12.2. The van der Waals surface area contributed by atoms with E-state index in [4.69, 9.17) is 10.5 Å². The zero-order valence-electron chi connectivity index (χ0n) is 11.3. The van der Waals surface area contributed by atoms with Crippen molar-refractivity contribution in [1.29, 1.82) is 0 Å². The van der Waals surface area contributed by atoms with Gasteiger partial charge in [-0.3, -0.25) is 4.79 Å². The van der Waals surface area contributed by atoms with Gasteiger partial charge in [0.2, 0.25) is 5.91 Å². The molecule has 1 aliphatic rings. The standard InChI is InChI=1S/C14H21N3O2/c1-16(13-5-3-2-4-12(13)10-15)11-14(18)17-6-8-19-9-7-17/h2-5H,6-11,15H2,1H3. The Kier molecular flexibility index (Phi) is 4.76. The first-order valence-corrected chi connectivity index (χ1v) is 6.57. The average Bonchev–Trinajstić information content (AvgIpc) is 2.48. The van der Waals surface area contributed by atoms with Gasteiger partial charge in [0.15, 0.2) is 0 Å². The van der Waals surface area contributed by atoms with E-state index in [0.717, 1.165) is 11.3 Å². The van der Waals surface area contributed by atoms with Gasteiger partial charge in [0.05, 0.1) is 19.8 Å². The molecular formula is C14H21N3O2. The van der Waals surface area contributed by atoms with E-state index in [-0.39, 0.29) is 5.91 Å². The van der Waals surface area contributed by atoms with E-state index in [2.05, 4.69) is 0 Å². The lowest BCUT2D eigenvalue weighted by molar-refractivity contribution is -0.133. The molecule has 1 heterocycles. The van der Waals surface area contributed by atoms with Crippen LogP contribution < -0.4 is 10.6 Å². The Bertz CT molecular complexity index is 430. The van der Waals surface area contributed by atoms with E-state index < -0.39 is 0 Å². The van der Waals surface area contributed by atoms with E-state index in [9.17, 15) is 4.79 Å². The lowest BCUT2D eigenvalue weighted by atomic mass is 10.1. The van der Waals surface area contributed by atoms with Crippen molar-refractivity contribution in [1.82, 2.24) is 4.90 Å². The first-order chi connectivity index (χ1) is 9.22. The number of amides is 1. The smallest absolute Gasteiger partial charge is 0.242 e. The van der Waals surface area contributed by atoms with Crippen LogP contribution in [0.4, 0.5) is 5.69 Å². The van der Waals surface area contributed by atoms with Crippen molar-refractivity contribution >= 4 is 11.6 Å². The molecule has 0 atom stereocenters. The Balaban J connectivity index is 1.99. The zero-order valence-corrected chi connectivity index (χ0v) is 11.3. The molecule has 0 spiro atoms. The van der Waals surface area contributed by atoms with Gasteiger partial charge >= 0.3 is 0 Å². The number of benzene rings is 1. The van der Waals surface area contributed by atoms with Gasteiger partial charge in [-0.05, 0) is 11.6 Å². The first kappa shape index (κ1) is 13.8. The number of hydrogen-bond donors (Lipinski definition) is 1. The van der Waals surface area contributed by atoms with E-state index in [1.807, 2.05) is 41.1 Å². The number of anilines is 1. The molecule has 2 N–H and O–H groups in total. The van der Waals surface area contributed by atoms with Crippen LogP contribution in [0, 0.1) is 0 Å². The molecule has 2 rings (SSSR count). The fourth-order valence-electron chi connectivity index (χ4n) is 2.26. The fourth-order valence-corrected chi connectivity index (χ4v) is 2.26.